The predicted octanol–water partition coefficient (Wildman–Crippen LogP) is 21.6. The number of nitrogens with zero attached hydrogens (tertiary/aromatic N) is 7. The largest absolute Gasteiger partial charge is 1.00 e. The van der Waals surface area contributed by atoms with E-state index in [0.29, 0.717) is 75.7 Å². The number of epoxide rings is 1. The summed E-state index contributed by atoms with van der Waals surface area (Å²) in [5.74, 6) is -10.7. The second-order valence-electron chi connectivity index (χ2n) is 34.6. The summed E-state index contributed by atoms with van der Waals surface area (Å²) in [4.78, 5) is 20.5. The summed E-state index contributed by atoms with van der Waals surface area (Å²) in [5.41, 5.74) is 5.48. The van der Waals surface area contributed by atoms with Gasteiger partial charge >= 0.3 is 44.3 Å². The Morgan fingerprint density at radius 3 is 1.21 bits per heavy atom. The van der Waals surface area contributed by atoms with Crippen LogP contribution in [0, 0.1) is 122 Å². The van der Waals surface area contributed by atoms with Gasteiger partial charge in [0.2, 0.25) is 6.04 Å². The number of ketones is 1. The van der Waals surface area contributed by atoms with E-state index in [-0.39, 0.29) is 167 Å². The summed E-state index contributed by atoms with van der Waals surface area (Å²) >= 11 is 15.7. The van der Waals surface area contributed by atoms with E-state index in [0.717, 1.165) is 73.8 Å². The van der Waals surface area contributed by atoms with Crippen molar-refractivity contribution >= 4 is 55.0 Å². The van der Waals surface area contributed by atoms with Crippen LogP contribution >= 0.6 is 49.2 Å². The minimum absolute atomic E-state index is 0. The first-order valence-corrected chi connectivity index (χ1v) is 48.0. The summed E-state index contributed by atoms with van der Waals surface area (Å²) in [6.45, 7) is 47.5. The molecule has 7 aromatic carbocycles. The van der Waals surface area contributed by atoms with Gasteiger partial charge in [-0.05, 0) is 180 Å². The summed E-state index contributed by atoms with van der Waals surface area (Å²) < 4.78 is 236. The van der Waals surface area contributed by atoms with Crippen molar-refractivity contribution in [2.24, 2.45) is 5.73 Å². The quantitative estimate of drug-likeness (QED) is 0.00371. The minimum atomic E-state index is -3.96. The molecule has 0 radical (unpaired) electrons. The standard InChI is InChI=1S/C19H29F2N2O4P.C15H20F2N2O.C15H18F2N2.C12H17F2NO.C8H7ClF2O.C8H5ClF2O.C8H6F2O.C4H10ClO3P.C4H11N.C3H3N.CH4O.CH4.Na.H2O/c1-6-25-28(24,26-7-2)27-18(16-10-9-15(20)13-17(16)21)14-23(12-8-11-22)19(3,4)5;1-15(2,3)19(8-4-7-18)10-14(20)12-6-5-11(16)9-13(12)17;1-15(2,3)19-8-12(14(9-19)18-4)11-6-5-10(16)7-13(11)17;1-12(2,3)15-7-11(16)9-5-4-8(13)6-10(9)14;2*9-4-8(12)6-2-1-5(10)3-7(6)11;9-5-1-2-6(7(10)3-5)8-4-11-8;1-3-7-9(5,6)8-4-2;1-4(2,3)5;1-2-3-4;1-2;;;/h9-10,13,18H,6-8,12,14H2,1-5H3;5-6,9,14,20H,4,8,10H2,1-3H3;5-7,12,14H,8-9H2,1-3H3;4-6,11,15-16H,7H2,1-3H3;1-3,8,12H,4H2;1-3H,4H2;1-3,8H,4H2;3-4H2,1-2H3;5H2,1-3H3;2H,1H2;2H,1H3;1H4;;1H2/q;;;;;;;;;;;;+1;/p-1/t18-;14-;12-,14?;11-;8-;;;;;;;;;/m11011........./s1. The Labute approximate surface area is 858 Å². The molecule has 7 atom stereocenters. The Hall–Kier alpha value is -7.38. The predicted molar refractivity (Wildman–Crippen MR) is 517 cm³/mol. The zero-order valence-electron chi connectivity index (χ0n) is 82.7. The number of rotatable bonds is 29. The van der Waals surface area contributed by atoms with Crippen molar-refractivity contribution in [2.45, 2.75) is 222 Å². The van der Waals surface area contributed by atoms with Crippen molar-refractivity contribution in [1.82, 2.24) is 20.0 Å². The number of halogens is 17. The number of allylic oxidation sites excluding steroid dienone is 1. The zero-order valence-corrected chi connectivity index (χ0v) is 88.8. The van der Waals surface area contributed by atoms with Crippen molar-refractivity contribution < 1.29 is 158 Å². The van der Waals surface area contributed by atoms with Crippen LogP contribution in [-0.4, -0.2) is 178 Å². The minimum Gasteiger partial charge on any atom is -0.870 e. The number of hydrogen-bond acceptors (Lipinski definition) is 22. The van der Waals surface area contributed by atoms with Crippen LogP contribution in [0.25, 0.3) is 4.85 Å². The average Bonchev–Trinajstić information content (AvgIpc) is 1.66. The molecule has 786 valence electrons. The smallest absolute Gasteiger partial charge is 0.870 e. The zero-order chi connectivity index (χ0) is 107. The van der Waals surface area contributed by atoms with Gasteiger partial charge in [-0.1, -0.05) is 50.4 Å². The van der Waals surface area contributed by atoms with Crippen molar-refractivity contribution in [1.29, 1.82) is 15.8 Å². The van der Waals surface area contributed by atoms with E-state index in [1.807, 2.05) is 92.9 Å². The van der Waals surface area contributed by atoms with E-state index >= 15 is 0 Å². The van der Waals surface area contributed by atoms with Gasteiger partial charge in [-0.15, -0.1) is 23.2 Å². The Morgan fingerprint density at radius 2 is 0.901 bits per heavy atom. The van der Waals surface area contributed by atoms with Gasteiger partial charge in [-0.2, -0.15) is 15.8 Å². The number of ether oxygens (including phenoxy) is 1. The molecule has 0 saturated carbocycles. The van der Waals surface area contributed by atoms with Crippen molar-refractivity contribution in [3.05, 3.63) is 272 Å². The van der Waals surface area contributed by atoms with Gasteiger partial charge in [0.15, 0.2) is 5.78 Å². The Balaban J connectivity index is -0.000000500. The number of hydrogen-bond donors (Lipinski definition) is 6. The Bertz CT molecular complexity index is 5070. The fraction of sp³-hybridized carbons (Fsp3) is 0.500. The Morgan fingerprint density at radius 1 is 0.567 bits per heavy atom. The number of aliphatic hydroxyl groups is 4. The van der Waals surface area contributed by atoms with Crippen LogP contribution in [-0.2, 0) is 36.5 Å². The number of nitrogens with two attached hydrogens (primary N) is 1. The fourth-order valence-corrected chi connectivity index (χ4v) is 14.3. The molecule has 2 fully saturated rings. The van der Waals surface area contributed by atoms with E-state index in [9.17, 15) is 85.6 Å². The third kappa shape index (κ3) is 59.7. The van der Waals surface area contributed by atoms with Gasteiger partial charge < -0.3 is 46.5 Å². The summed E-state index contributed by atoms with van der Waals surface area (Å²) in [6.07, 6.45) is -2.54. The Kier molecular flexibility index (Phi) is 71.7. The molecule has 2 aliphatic heterocycles. The van der Waals surface area contributed by atoms with Gasteiger partial charge in [0.1, 0.15) is 93.6 Å². The number of phosphoric ester groups is 1. The molecule has 0 aromatic heterocycles. The molecule has 8 N–H and O–H groups in total. The first kappa shape index (κ1) is 142. The van der Waals surface area contributed by atoms with Crippen molar-refractivity contribution in [3.63, 3.8) is 0 Å². The molecule has 2 aliphatic rings. The monoisotopic (exact) mass is 2120 g/mol. The molecule has 0 spiro atoms. The number of likely N-dealkylation sites (tertiary alicyclic amines) is 1. The molecular formula is C98H135Cl3F14N9NaO14P2. The maximum atomic E-state index is 14.5. The first-order valence-electron chi connectivity index (χ1n) is 43.0. The molecule has 0 amide bonds. The molecular weight excluding hydrogens is 1980 g/mol. The number of β-amino-alcohol motifs (C(OH)–C–C–N with tert-alkyl or cyclic N) is 2. The molecule has 23 nitrogen and oxygen atoms in total. The van der Waals surface area contributed by atoms with Crippen LogP contribution in [0.4, 0.5) is 61.5 Å². The van der Waals surface area contributed by atoms with E-state index in [1.54, 1.807) is 33.8 Å². The van der Waals surface area contributed by atoms with E-state index in [4.69, 9.17) is 91.1 Å². The molecule has 2 heterocycles. The number of carbonyl (C=O) groups excluding carboxylic acids is 1. The van der Waals surface area contributed by atoms with Gasteiger partial charge in [0.25, 0.3) is 0 Å². The molecule has 7 aromatic rings. The number of nitriles is 3. The van der Waals surface area contributed by atoms with Crippen LogP contribution in [0.1, 0.15) is 232 Å². The topological polar surface area (TPSA) is 344 Å². The van der Waals surface area contributed by atoms with Crippen molar-refractivity contribution in [3.8, 4) is 18.2 Å². The van der Waals surface area contributed by atoms with E-state index in [2.05, 4.69) is 63.6 Å². The van der Waals surface area contributed by atoms with Gasteiger partial charge in [0.05, 0.1) is 99.3 Å². The van der Waals surface area contributed by atoms with Crippen LogP contribution in [0.5, 0.6) is 0 Å². The van der Waals surface area contributed by atoms with Crippen LogP contribution in [0.2, 0.25) is 0 Å². The van der Waals surface area contributed by atoms with E-state index in [1.165, 1.54) is 54.6 Å². The number of aliphatic hydroxyl groups excluding tert-OH is 4. The van der Waals surface area contributed by atoms with Crippen LogP contribution < -0.4 is 40.6 Å². The molecule has 141 heavy (non-hydrogen) atoms. The number of benzene rings is 7. The molecule has 0 bridgehead atoms. The van der Waals surface area contributed by atoms with Gasteiger partial charge in [0, 0.05) is 180 Å². The van der Waals surface area contributed by atoms with Crippen molar-refractivity contribution in [2.75, 3.05) is 97.7 Å². The fourth-order valence-electron chi connectivity index (χ4n) is 11.4. The van der Waals surface area contributed by atoms with Gasteiger partial charge in [-0.3, -0.25) is 42.1 Å². The second-order valence-corrected chi connectivity index (χ2v) is 39.4. The third-order valence-electron chi connectivity index (χ3n) is 18.2. The van der Waals surface area contributed by atoms with Gasteiger partial charge in [-0.25, -0.2) is 77.2 Å². The number of phosphoric acid groups is 1. The second kappa shape index (κ2) is 71.2. The third-order valence-corrected chi connectivity index (χ3v) is 22.1. The summed E-state index contributed by atoms with van der Waals surface area (Å²) in [6, 6.07) is 27.9. The van der Waals surface area contributed by atoms with Crippen LogP contribution in [0.15, 0.2) is 140 Å². The first-order chi connectivity index (χ1) is 64.0. The molecule has 43 heteroatoms. The van der Waals surface area contributed by atoms with Crippen LogP contribution in [0.3, 0.4) is 0 Å². The molecule has 9 rings (SSSR count). The number of nitrogens with one attached hydrogen (secondary N) is 1. The number of carbonyl (C=O) groups is 1. The normalized spacial score (nSPS) is 14.4. The molecule has 2 unspecified atom stereocenters. The summed E-state index contributed by atoms with van der Waals surface area (Å²) in [5, 5.41) is 64.1. The number of alkyl halides is 2. The molecule has 2 saturated heterocycles. The number of Topliss-reactive ketones (excluding diaryl/α,β-unsaturated/α-hetero) is 1. The summed E-state index contributed by atoms with van der Waals surface area (Å²) in [7, 11) is -2.96. The maximum Gasteiger partial charge on any atom is 1.00 e. The molecule has 0 aliphatic carbocycles. The average molecular weight is 2120 g/mol. The van der Waals surface area contributed by atoms with E-state index < -0.39 is 126 Å². The SMILES string of the molecule is C.C=CC#N.CC(C)(C)N.CC(C)(C)N(CCC#N)C[C@@H](O)c1ccc(F)cc1F.CC(C)(C)NC[C@@H](O)c1ccc(F)cc1F.CCOP(=O)(Cl)OCC.CCOP(=O)(OCC)O[C@H](CN(CCC#N)C(C)(C)C)c1ccc(F)cc1F.CO.Fc1ccc(C2CO2)c(F)c1.O=C(CCl)c1ccc(F)cc1F.O[C@H](CCl)c1ccc(F)cc1F.[C-]#[N+]C1CN(C(C)(C)C)C[C@H]1c1ccc(F)cc1F.[Na+].[OH-]. The maximum absolute atomic E-state index is 14.5.